The second-order valence-corrected chi connectivity index (χ2v) is 9.61. The lowest BCUT2D eigenvalue weighted by atomic mass is 9.85. The molecule has 0 spiro atoms. The van der Waals surface area contributed by atoms with E-state index < -0.39 is 18.0 Å². The van der Waals surface area contributed by atoms with Gasteiger partial charge < -0.3 is 29.7 Å². The number of morpholine rings is 1. The molecule has 1 atom stereocenters. The maximum atomic E-state index is 15.0. The van der Waals surface area contributed by atoms with Gasteiger partial charge in [0, 0.05) is 32.2 Å². The molecular formula is C27H32F2N4O4. The van der Waals surface area contributed by atoms with Crippen molar-refractivity contribution in [1.29, 1.82) is 0 Å². The number of hydrogen-bond acceptors (Lipinski definition) is 6. The predicted octanol–water partition coefficient (Wildman–Crippen LogP) is 4.07. The van der Waals surface area contributed by atoms with Crippen molar-refractivity contribution in [3.8, 4) is 17.0 Å². The number of aromatic nitrogens is 1. The highest BCUT2D eigenvalue weighted by Crippen LogP contribution is 2.36. The number of aryl methyl sites for hydroxylation is 1. The van der Waals surface area contributed by atoms with Crippen LogP contribution in [0.25, 0.3) is 11.1 Å². The Hall–Kier alpha value is -3.24. The van der Waals surface area contributed by atoms with Gasteiger partial charge in [0.1, 0.15) is 24.4 Å². The third kappa shape index (κ3) is 5.55. The fourth-order valence-corrected chi connectivity index (χ4v) is 4.99. The van der Waals surface area contributed by atoms with Gasteiger partial charge in [-0.2, -0.15) is 4.98 Å². The van der Waals surface area contributed by atoms with Crippen molar-refractivity contribution in [1.82, 2.24) is 9.88 Å². The van der Waals surface area contributed by atoms with E-state index in [9.17, 15) is 18.7 Å². The van der Waals surface area contributed by atoms with Crippen molar-refractivity contribution in [2.24, 2.45) is 0 Å². The molecule has 0 bridgehead atoms. The number of aliphatic hydroxyl groups is 1. The average Bonchev–Trinajstić information content (AvgIpc) is 3.37. The van der Waals surface area contributed by atoms with Gasteiger partial charge >= 0.3 is 6.03 Å². The zero-order valence-electron chi connectivity index (χ0n) is 20.9. The maximum Gasteiger partial charge on any atom is 0.322 e. The Kier molecular flexibility index (Phi) is 7.57. The molecule has 3 aliphatic rings. The number of nitrogens with one attached hydrogen (secondary N) is 1. The van der Waals surface area contributed by atoms with E-state index in [-0.39, 0.29) is 18.9 Å². The van der Waals surface area contributed by atoms with Gasteiger partial charge in [-0.05, 0) is 72.2 Å². The number of allylic oxidation sites excluding steroid dienone is 1. The number of benzene rings is 1. The molecule has 1 unspecified atom stereocenters. The molecule has 1 saturated carbocycles. The second kappa shape index (κ2) is 11.0. The molecule has 2 amide bonds. The van der Waals surface area contributed by atoms with E-state index >= 15 is 0 Å². The van der Waals surface area contributed by atoms with Crippen LogP contribution in [0.4, 0.5) is 25.1 Å². The van der Waals surface area contributed by atoms with Crippen molar-refractivity contribution in [2.75, 3.05) is 62.8 Å². The molecule has 10 heteroatoms. The number of pyridine rings is 1. The molecule has 2 N–H and O–H groups in total. The summed E-state index contributed by atoms with van der Waals surface area (Å²) in [5.74, 6) is 0.513. The number of anilines is 2. The summed E-state index contributed by atoms with van der Waals surface area (Å²) in [7, 11) is 0. The van der Waals surface area contributed by atoms with Crippen molar-refractivity contribution in [3.63, 3.8) is 0 Å². The predicted molar refractivity (Wildman–Crippen MR) is 136 cm³/mol. The maximum absolute atomic E-state index is 15.0. The van der Waals surface area contributed by atoms with Gasteiger partial charge in [0.2, 0.25) is 5.88 Å². The fourth-order valence-electron chi connectivity index (χ4n) is 4.99. The second-order valence-electron chi connectivity index (χ2n) is 9.61. The number of hydrogen-bond donors (Lipinski definition) is 2. The van der Waals surface area contributed by atoms with Crippen LogP contribution in [0.15, 0.2) is 35.4 Å². The monoisotopic (exact) mass is 514 g/mol. The third-order valence-electron chi connectivity index (χ3n) is 7.18. The minimum atomic E-state index is -0.885. The Morgan fingerprint density at radius 2 is 2.03 bits per heavy atom. The normalized spacial score (nSPS) is 21.7. The first-order valence-corrected chi connectivity index (χ1v) is 12.7. The molecule has 1 aliphatic carbocycles. The number of carbonyl (C=O) groups is 1. The number of carbonyl (C=O) groups excluding carboxylic acids is 1. The third-order valence-corrected chi connectivity index (χ3v) is 7.18. The Bertz CT molecular complexity index is 1200. The topological polar surface area (TPSA) is 87.2 Å². The molecule has 2 saturated heterocycles. The number of amides is 2. The van der Waals surface area contributed by atoms with Gasteiger partial charge in [0.25, 0.3) is 0 Å². The summed E-state index contributed by atoms with van der Waals surface area (Å²) >= 11 is 0. The molecule has 2 aliphatic heterocycles. The van der Waals surface area contributed by atoms with Crippen LogP contribution in [0.3, 0.4) is 0 Å². The Morgan fingerprint density at radius 1 is 1.22 bits per heavy atom. The van der Waals surface area contributed by atoms with Crippen LogP contribution in [-0.2, 0) is 4.74 Å². The molecule has 37 heavy (non-hydrogen) atoms. The van der Waals surface area contributed by atoms with Crippen LogP contribution in [0.2, 0.25) is 0 Å². The largest absolute Gasteiger partial charge is 0.475 e. The highest BCUT2D eigenvalue weighted by molar-refractivity contribution is 5.91. The van der Waals surface area contributed by atoms with E-state index in [0.717, 1.165) is 28.7 Å². The summed E-state index contributed by atoms with van der Waals surface area (Å²) in [5.41, 5.74) is 4.05. The summed E-state index contributed by atoms with van der Waals surface area (Å²) in [6.07, 6.45) is 1.08. The molecule has 198 valence electrons. The van der Waals surface area contributed by atoms with Crippen LogP contribution in [-0.4, -0.2) is 79.8 Å². The van der Waals surface area contributed by atoms with E-state index in [0.29, 0.717) is 69.5 Å². The summed E-state index contributed by atoms with van der Waals surface area (Å²) in [5, 5.41) is 11.9. The summed E-state index contributed by atoms with van der Waals surface area (Å²) in [6.45, 7) is 5.14. The number of nitrogens with zero attached hydrogens (tertiary/aromatic N) is 3. The highest BCUT2D eigenvalue weighted by Gasteiger charge is 2.31. The van der Waals surface area contributed by atoms with Crippen LogP contribution < -0.4 is 15.0 Å². The van der Waals surface area contributed by atoms with Crippen LogP contribution in [0.1, 0.15) is 24.8 Å². The minimum Gasteiger partial charge on any atom is -0.475 e. The fraction of sp³-hybridized carbons (Fsp3) is 0.481. The van der Waals surface area contributed by atoms with E-state index in [1.165, 1.54) is 6.07 Å². The highest BCUT2D eigenvalue weighted by atomic mass is 19.1. The Balaban J connectivity index is 1.40. The number of urea groups is 1. The summed E-state index contributed by atoms with van der Waals surface area (Å²) in [4.78, 5) is 21.2. The van der Waals surface area contributed by atoms with E-state index in [1.54, 1.807) is 24.0 Å². The number of halogens is 2. The number of aliphatic hydroxyl groups excluding tert-OH is 1. The molecule has 5 rings (SSSR count). The minimum absolute atomic E-state index is 0.0706. The zero-order chi connectivity index (χ0) is 25.9. The van der Waals surface area contributed by atoms with E-state index in [2.05, 4.69) is 15.2 Å². The van der Waals surface area contributed by atoms with Crippen LogP contribution in [0.5, 0.6) is 5.88 Å². The smallest absolute Gasteiger partial charge is 0.322 e. The van der Waals surface area contributed by atoms with Crippen LogP contribution >= 0.6 is 0 Å². The molecule has 1 aromatic carbocycles. The lowest BCUT2D eigenvalue weighted by molar-refractivity contribution is 0.122. The molecular weight excluding hydrogens is 482 g/mol. The summed E-state index contributed by atoms with van der Waals surface area (Å²) in [6, 6.07) is 6.27. The van der Waals surface area contributed by atoms with Gasteiger partial charge in [-0.3, -0.25) is 0 Å². The summed E-state index contributed by atoms with van der Waals surface area (Å²) < 4.78 is 39.8. The number of likely N-dealkylation sites (tertiary alicyclic amines) is 1. The van der Waals surface area contributed by atoms with Gasteiger partial charge in [-0.25, -0.2) is 13.6 Å². The van der Waals surface area contributed by atoms with Crippen molar-refractivity contribution >= 4 is 17.5 Å². The molecule has 8 nitrogen and oxygen atoms in total. The van der Waals surface area contributed by atoms with E-state index in [1.807, 2.05) is 6.07 Å². The first-order chi connectivity index (χ1) is 17.9. The van der Waals surface area contributed by atoms with E-state index in [4.69, 9.17) is 9.47 Å². The van der Waals surface area contributed by atoms with Gasteiger partial charge in [-0.1, -0.05) is 0 Å². The van der Waals surface area contributed by atoms with Crippen molar-refractivity contribution in [3.05, 3.63) is 46.8 Å². The average molecular weight is 515 g/mol. The van der Waals surface area contributed by atoms with Gasteiger partial charge in [-0.15, -0.1) is 0 Å². The number of rotatable bonds is 6. The van der Waals surface area contributed by atoms with Crippen molar-refractivity contribution < 1.29 is 28.2 Å². The molecule has 2 aromatic rings. The quantitative estimate of drug-likeness (QED) is 0.566. The Labute approximate surface area is 214 Å². The van der Waals surface area contributed by atoms with Gasteiger partial charge in [0.15, 0.2) is 0 Å². The number of alkyl halides is 1. The SMILES string of the molecule is Cc1cc(F)c(NC(=O)N2CC/C(=C3\CCC3F)C2)cc1-c1cc(OCCO)nc(N2CCOCC2)c1. The lowest BCUT2D eigenvalue weighted by Crippen LogP contribution is -2.36. The van der Waals surface area contributed by atoms with Crippen LogP contribution in [0, 0.1) is 12.7 Å². The molecule has 3 heterocycles. The first kappa shape index (κ1) is 25.4. The molecule has 1 aromatic heterocycles. The van der Waals surface area contributed by atoms with Crippen molar-refractivity contribution in [2.45, 2.75) is 32.4 Å². The lowest BCUT2D eigenvalue weighted by Gasteiger charge is -2.28. The molecule has 0 radical (unpaired) electrons. The Morgan fingerprint density at radius 3 is 2.73 bits per heavy atom. The zero-order valence-corrected chi connectivity index (χ0v) is 20.9. The van der Waals surface area contributed by atoms with Gasteiger partial charge in [0.05, 0.1) is 25.5 Å². The first-order valence-electron chi connectivity index (χ1n) is 12.7. The standard InChI is InChI=1S/C27H32F2N4O4/c1-17-12-23(29)24(30-27(35)33-5-4-18(16-33)20-2-3-22(20)28)15-21(17)19-13-25(32-6-9-36-10-7-32)31-26(14-19)37-11-8-34/h12-15,22,34H,2-11,16H2,1H3,(H,30,35)/b20-18-. The number of ether oxygens (including phenoxy) is 2. The molecule has 3 fully saturated rings.